The van der Waals surface area contributed by atoms with Gasteiger partial charge in [0, 0.05) is 31.1 Å². The predicted octanol–water partition coefficient (Wildman–Crippen LogP) is 2.72. The van der Waals surface area contributed by atoms with E-state index in [1.807, 2.05) is 18.2 Å². The molecule has 0 saturated carbocycles. The smallest absolute Gasteiger partial charge is 0.422 e. The van der Waals surface area contributed by atoms with Gasteiger partial charge in [-0.3, -0.25) is 4.79 Å². The third kappa shape index (κ3) is 5.82. The summed E-state index contributed by atoms with van der Waals surface area (Å²) in [6, 6.07) is 7.32. The van der Waals surface area contributed by atoms with Crippen LogP contribution in [0.1, 0.15) is 18.4 Å². The zero-order valence-corrected chi connectivity index (χ0v) is 14.3. The van der Waals surface area contributed by atoms with Crippen molar-refractivity contribution < 1.29 is 32.2 Å². The van der Waals surface area contributed by atoms with Gasteiger partial charge in [0.1, 0.15) is 5.75 Å². The number of piperidine rings is 1. The van der Waals surface area contributed by atoms with Gasteiger partial charge >= 0.3 is 12.3 Å². The minimum absolute atomic E-state index is 0.154. The molecule has 1 fully saturated rings. The van der Waals surface area contributed by atoms with E-state index in [0.717, 1.165) is 5.56 Å². The van der Waals surface area contributed by atoms with Crippen LogP contribution in [0.5, 0.6) is 5.75 Å². The van der Waals surface area contributed by atoms with Crippen LogP contribution in [0.2, 0.25) is 0 Å². The van der Waals surface area contributed by atoms with E-state index in [-0.39, 0.29) is 24.9 Å². The maximum atomic E-state index is 12.3. The Morgan fingerprint density at radius 3 is 2.50 bits per heavy atom. The van der Waals surface area contributed by atoms with Crippen molar-refractivity contribution in [2.45, 2.75) is 25.6 Å². The molecular formula is C17H21F3N2O4. The quantitative estimate of drug-likeness (QED) is 0.861. The Labute approximate surface area is 149 Å². The molecular weight excluding hydrogens is 353 g/mol. The van der Waals surface area contributed by atoms with E-state index < -0.39 is 18.9 Å². The Morgan fingerprint density at radius 1 is 1.23 bits per heavy atom. The highest BCUT2D eigenvalue weighted by molar-refractivity contribution is 5.79. The molecule has 0 spiro atoms. The van der Waals surface area contributed by atoms with E-state index >= 15 is 0 Å². The molecule has 0 aliphatic carbocycles. The van der Waals surface area contributed by atoms with Crippen LogP contribution in [0.15, 0.2) is 24.3 Å². The number of nitrogens with zero attached hydrogens (tertiary/aromatic N) is 1. The van der Waals surface area contributed by atoms with Gasteiger partial charge in [-0.05, 0) is 18.9 Å². The maximum absolute atomic E-state index is 12.3. The van der Waals surface area contributed by atoms with Gasteiger partial charge in [0.05, 0.1) is 7.11 Å². The number of carbonyl (C=O) groups excluding carboxylic acids is 2. The fraction of sp³-hybridized carbons (Fsp3) is 0.529. The molecule has 2 rings (SSSR count). The molecule has 1 N–H and O–H groups in total. The molecule has 0 radical (unpaired) electrons. The molecule has 1 aromatic rings. The standard InChI is InChI=1S/C17H21F3N2O4/c1-25-14-5-3-2-4-13(14)10-21-15(23)12-6-8-22(9-7-12)16(24)26-11-17(18,19)20/h2-5,12H,6-11H2,1H3,(H,21,23). The number of halogens is 3. The summed E-state index contributed by atoms with van der Waals surface area (Å²) in [5.74, 6) is 0.227. The molecule has 1 aliphatic heterocycles. The minimum atomic E-state index is -4.55. The van der Waals surface area contributed by atoms with E-state index in [1.165, 1.54) is 4.90 Å². The molecule has 26 heavy (non-hydrogen) atoms. The number of amides is 2. The van der Waals surface area contributed by atoms with Crippen LogP contribution in [0.4, 0.5) is 18.0 Å². The summed E-state index contributed by atoms with van der Waals surface area (Å²) < 4.78 is 45.7. The molecule has 0 atom stereocenters. The Hall–Kier alpha value is -2.45. The zero-order chi connectivity index (χ0) is 19.2. The Morgan fingerprint density at radius 2 is 1.88 bits per heavy atom. The molecule has 144 valence electrons. The van der Waals surface area contributed by atoms with Crippen LogP contribution in [0.3, 0.4) is 0 Å². The second-order valence-corrected chi connectivity index (χ2v) is 5.96. The summed E-state index contributed by atoms with van der Waals surface area (Å²) in [5.41, 5.74) is 0.844. The highest BCUT2D eigenvalue weighted by Gasteiger charge is 2.32. The summed E-state index contributed by atoms with van der Waals surface area (Å²) in [4.78, 5) is 25.1. The normalized spacial score (nSPS) is 15.5. The first-order valence-corrected chi connectivity index (χ1v) is 8.18. The second-order valence-electron chi connectivity index (χ2n) is 5.96. The predicted molar refractivity (Wildman–Crippen MR) is 86.5 cm³/mol. The lowest BCUT2D eigenvalue weighted by Crippen LogP contribution is -2.43. The number of carbonyl (C=O) groups is 2. The van der Waals surface area contributed by atoms with E-state index in [9.17, 15) is 22.8 Å². The average Bonchev–Trinajstić information content (AvgIpc) is 2.64. The Balaban J connectivity index is 1.76. The van der Waals surface area contributed by atoms with Gasteiger partial charge in [0.25, 0.3) is 0 Å². The molecule has 0 bridgehead atoms. The zero-order valence-electron chi connectivity index (χ0n) is 14.3. The number of rotatable bonds is 5. The topological polar surface area (TPSA) is 67.9 Å². The first kappa shape index (κ1) is 19.9. The van der Waals surface area contributed by atoms with Crippen LogP contribution >= 0.6 is 0 Å². The molecule has 2 amide bonds. The lowest BCUT2D eigenvalue weighted by molar-refractivity contribution is -0.162. The number of alkyl halides is 3. The number of likely N-dealkylation sites (tertiary alicyclic amines) is 1. The summed E-state index contributed by atoms with van der Waals surface area (Å²) >= 11 is 0. The number of nitrogens with one attached hydrogen (secondary N) is 1. The second kappa shape index (κ2) is 8.77. The molecule has 9 heteroatoms. The molecule has 6 nitrogen and oxygen atoms in total. The van der Waals surface area contributed by atoms with E-state index in [2.05, 4.69) is 10.1 Å². The number of ether oxygens (including phenoxy) is 2. The minimum Gasteiger partial charge on any atom is -0.496 e. The van der Waals surface area contributed by atoms with Crippen molar-refractivity contribution in [3.05, 3.63) is 29.8 Å². The average molecular weight is 374 g/mol. The van der Waals surface area contributed by atoms with Crippen molar-refractivity contribution in [2.75, 3.05) is 26.8 Å². The third-order valence-corrected chi connectivity index (χ3v) is 4.13. The first-order chi connectivity index (χ1) is 12.3. The van der Waals surface area contributed by atoms with Crippen molar-refractivity contribution in [1.82, 2.24) is 10.2 Å². The van der Waals surface area contributed by atoms with Crippen LogP contribution in [0.25, 0.3) is 0 Å². The number of para-hydroxylation sites is 1. The molecule has 1 heterocycles. The van der Waals surface area contributed by atoms with Gasteiger partial charge in [-0.15, -0.1) is 0 Å². The van der Waals surface area contributed by atoms with Crippen molar-refractivity contribution in [1.29, 1.82) is 0 Å². The van der Waals surface area contributed by atoms with Crippen LogP contribution in [-0.4, -0.2) is 49.9 Å². The molecule has 1 aliphatic rings. The highest BCUT2D eigenvalue weighted by atomic mass is 19.4. The van der Waals surface area contributed by atoms with Crippen molar-refractivity contribution in [2.24, 2.45) is 5.92 Å². The molecule has 1 saturated heterocycles. The van der Waals surface area contributed by atoms with Gasteiger partial charge in [0.2, 0.25) is 5.91 Å². The number of methoxy groups -OCH3 is 1. The molecule has 1 aromatic carbocycles. The van der Waals surface area contributed by atoms with Crippen molar-refractivity contribution >= 4 is 12.0 Å². The largest absolute Gasteiger partial charge is 0.496 e. The van der Waals surface area contributed by atoms with Crippen LogP contribution < -0.4 is 10.1 Å². The molecule has 0 aromatic heterocycles. The lowest BCUT2D eigenvalue weighted by Gasteiger charge is -2.30. The van der Waals surface area contributed by atoms with Gasteiger partial charge in [-0.2, -0.15) is 13.2 Å². The van der Waals surface area contributed by atoms with Gasteiger partial charge in [-0.1, -0.05) is 18.2 Å². The Kier molecular flexibility index (Phi) is 6.70. The fourth-order valence-corrected chi connectivity index (χ4v) is 2.73. The third-order valence-electron chi connectivity index (χ3n) is 4.13. The van der Waals surface area contributed by atoms with Gasteiger partial charge in [0.15, 0.2) is 6.61 Å². The van der Waals surface area contributed by atoms with Crippen molar-refractivity contribution in [3.63, 3.8) is 0 Å². The summed E-state index contributed by atoms with van der Waals surface area (Å²) in [6.07, 6.45) is -4.81. The monoisotopic (exact) mass is 374 g/mol. The highest BCUT2D eigenvalue weighted by Crippen LogP contribution is 2.21. The van der Waals surface area contributed by atoms with Crippen LogP contribution in [0, 0.1) is 5.92 Å². The SMILES string of the molecule is COc1ccccc1CNC(=O)C1CCN(C(=O)OCC(F)(F)F)CC1. The van der Waals surface area contributed by atoms with Gasteiger partial charge < -0.3 is 19.7 Å². The Bertz CT molecular complexity index is 629. The summed E-state index contributed by atoms with van der Waals surface area (Å²) in [6.45, 7) is -0.922. The molecule has 0 unspecified atom stereocenters. The number of benzene rings is 1. The van der Waals surface area contributed by atoms with E-state index in [0.29, 0.717) is 25.1 Å². The van der Waals surface area contributed by atoms with Crippen LogP contribution in [-0.2, 0) is 16.1 Å². The van der Waals surface area contributed by atoms with E-state index in [1.54, 1.807) is 13.2 Å². The van der Waals surface area contributed by atoms with Crippen molar-refractivity contribution in [3.8, 4) is 5.75 Å². The summed E-state index contributed by atoms with van der Waals surface area (Å²) in [5, 5.41) is 2.83. The van der Waals surface area contributed by atoms with E-state index in [4.69, 9.17) is 4.74 Å². The number of hydrogen-bond acceptors (Lipinski definition) is 4. The van der Waals surface area contributed by atoms with Gasteiger partial charge in [-0.25, -0.2) is 4.79 Å². The lowest BCUT2D eigenvalue weighted by atomic mass is 9.96. The first-order valence-electron chi connectivity index (χ1n) is 8.18. The summed E-state index contributed by atoms with van der Waals surface area (Å²) in [7, 11) is 1.55. The number of hydrogen-bond donors (Lipinski definition) is 1. The maximum Gasteiger partial charge on any atom is 0.422 e. The fourth-order valence-electron chi connectivity index (χ4n) is 2.73.